The zero-order chi connectivity index (χ0) is 14.7. The first-order valence-corrected chi connectivity index (χ1v) is 7.64. The minimum Gasteiger partial charge on any atom is -0.497 e. The van der Waals surface area contributed by atoms with Gasteiger partial charge in [0.15, 0.2) is 0 Å². The zero-order valence-electron chi connectivity index (χ0n) is 12.8. The molecule has 0 amide bonds. The van der Waals surface area contributed by atoms with Crippen LogP contribution in [0.4, 0.5) is 0 Å². The summed E-state index contributed by atoms with van der Waals surface area (Å²) in [5, 5.41) is 7.96. The number of nitrogens with zero attached hydrogens (tertiary/aromatic N) is 2. The summed E-state index contributed by atoms with van der Waals surface area (Å²) in [4.78, 5) is 0. The number of nitrogens with one attached hydrogen (secondary N) is 1. The third-order valence-electron chi connectivity index (χ3n) is 4.32. The molecule has 1 aliphatic rings. The summed E-state index contributed by atoms with van der Waals surface area (Å²) in [6.45, 7) is 2.27. The monoisotopic (exact) mass is 285 g/mol. The van der Waals surface area contributed by atoms with E-state index in [2.05, 4.69) is 22.5 Å². The Labute approximate surface area is 126 Å². The first-order chi connectivity index (χ1) is 10.3. The molecule has 1 atom stereocenters. The second kappa shape index (κ2) is 6.31. The van der Waals surface area contributed by atoms with Crippen LogP contribution in [0.5, 0.6) is 5.75 Å². The van der Waals surface area contributed by atoms with Crippen molar-refractivity contribution in [2.24, 2.45) is 13.0 Å². The van der Waals surface area contributed by atoms with Gasteiger partial charge in [-0.25, -0.2) is 0 Å². The van der Waals surface area contributed by atoms with Crippen molar-refractivity contribution in [1.29, 1.82) is 0 Å². The highest BCUT2D eigenvalue weighted by molar-refractivity contribution is 5.67. The fourth-order valence-corrected chi connectivity index (χ4v) is 3.11. The molecule has 0 aliphatic carbocycles. The van der Waals surface area contributed by atoms with Crippen LogP contribution in [-0.2, 0) is 13.5 Å². The molecule has 4 nitrogen and oxygen atoms in total. The summed E-state index contributed by atoms with van der Waals surface area (Å²) in [7, 11) is 3.74. The molecule has 0 saturated carbocycles. The lowest BCUT2D eigenvalue weighted by Gasteiger charge is -2.23. The number of piperidine rings is 1. The van der Waals surface area contributed by atoms with E-state index in [-0.39, 0.29) is 0 Å². The SMILES string of the molecule is COc1cccc(-c2cnn(C)c2CC2CCCNC2)c1. The molecule has 0 spiro atoms. The largest absolute Gasteiger partial charge is 0.497 e. The van der Waals surface area contributed by atoms with Gasteiger partial charge in [0.1, 0.15) is 5.75 Å². The summed E-state index contributed by atoms with van der Waals surface area (Å²) < 4.78 is 7.35. The number of rotatable bonds is 4. The van der Waals surface area contributed by atoms with Gasteiger partial charge >= 0.3 is 0 Å². The van der Waals surface area contributed by atoms with E-state index in [1.807, 2.05) is 30.1 Å². The van der Waals surface area contributed by atoms with Crippen molar-refractivity contribution < 1.29 is 4.74 Å². The fraction of sp³-hybridized carbons (Fsp3) is 0.471. The molecule has 1 saturated heterocycles. The molecule has 4 heteroatoms. The quantitative estimate of drug-likeness (QED) is 0.938. The summed E-state index contributed by atoms with van der Waals surface area (Å²) in [6, 6.07) is 8.22. The summed E-state index contributed by atoms with van der Waals surface area (Å²) in [5.74, 6) is 1.60. The predicted molar refractivity (Wildman–Crippen MR) is 84.5 cm³/mol. The lowest BCUT2D eigenvalue weighted by Crippen LogP contribution is -2.31. The molecule has 2 heterocycles. The summed E-state index contributed by atoms with van der Waals surface area (Å²) >= 11 is 0. The van der Waals surface area contributed by atoms with Gasteiger partial charge in [-0.15, -0.1) is 0 Å². The average molecular weight is 285 g/mol. The predicted octanol–water partition coefficient (Wildman–Crippen LogP) is 2.64. The Kier molecular flexibility index (Phi) is 4.25. The van der Waals surface area contributed by atoms with Crippen molar-refractivity contribution in [3.8, 4) is 16.9 Å². The van der Waals surface area contributed by atoms with Crippen LogP contribution in [0.3, 0.4) is 0 Å². The molecule has 1 aromatic heterocycles. The van der Waals surface area contributed by atoms with Gasteiger partial charge in [-0.05, 0) is 56.0 Å². The highest BCUT2D eigenvalue weighted by Crippen LogP contribution is 2.29. The van der Waals surface area contributed by atoms with Crippen molar-refractivity contribution in [3.63, 3.8) is 0 Å². The molecule has 112 valence electrons. The number of benzene rings is 1. The van der Waals surface area contributed by atoms with Crippen LogP contribution >= 0.6 is 0 Å². The Morgan fingerprint density at radius 1 is 1.43 bits per heavy atom. The number of aromatic nitrogens is 2. The van der Waals surface area contributed by atoms with E-state index in [0.29, 0.717) is 5.92 Å². The molecule has 1 aliphatic heterocycles. The average Bonchev–Trinajstić information content (AvgIpc) is 2.89. The van der Waals surface area contributed by atoms with Crippen LogP contribution in [-0.4, -0.2) is 30.0 Å². The Balaban J connectivity index is 1.88. The van der Waals surface area contributed by atoms with Crippen molar-refractivity contribution in [3.05, 3.63) is 36.2 Å². The minimum absolute atomic E-state index is 0.707. The molecule has 0 bridgehead atoms. The fourth-order valence-electron chi connectivity index (χ4n) is 3.11. The standard InChI is InChI=1S/C17H23N3O/c1-20-17(9-13-5-4-8-18-11-13)16(12-19-20)14-6-3-7-15(10-14)21-2/h3,6-7,10,12-13,18H,4-5,8-9,11H2,1-2H3. The zero-order valence-corrected chi connectivity index (χ0v) is 12.8. The van der Waals surface area contributed by atoms with Gasteiger partial charge in [0, 0.05) is 18.3 Å². The molecule has 1 unspecified atom stereocenters. The number of aryl methyl sites for hydroxylation is 1. The number of ether oxygens (including phenoxy) is 1. The molecule has 2 aromatic rings. The maximum absolute atomic E-state index is 5.34. The lowest BCUT2D eigenvalue weighted by molar-refractivity contribution is 0.370. The van der Waals surface area contributed by atoms with Crippen molar-refractivity contribution in [2.45, 2.75) is 19.3 Å². The van der Waals surface area contributed by atoms with E-state index in [0.717, 1.165) is 25.3 Å². The van der Waals surface area contributed by atoms with E-state index in [1.54, 1.807) is 7.11 Å². The molecule has 1 aromatic carbocycles. The molecule has 21 heavy (non-hydrogen) atoms. The van der Waals surface area contributed by atoms with E-state index in [4.69, 9.17) is 4.74 Å². The molecular formula is C17H23N3O. The normalized spacial score (nSPS) is 18.7. The van der Waals surface area contributed by atoms with Gasteiger partial charge in [0.25, 0.3) is 0 Å². The highest BCUT2D eigenvalue weighted by atomic mass is 16.5. The smallest absolute Gasteiger partial charge is 0.119 e. The van der Waals surface area contributed by atoms with E-state index in [1.165, 1.54) is 29.7 Å². The Morgan fingerprint density at radius 3 is 3.10 bits per heavy atom. The first-order valence-electron chi connectivity index (χ1n) is 7.64. The Bertz CT molecular complexity index is 600. The van der Waals surface area contributed by atoms with E-state index >= 15 is 0 Å². The van der Waals surface area contributed by atoms with Crippen LogP contribution in [0.25, 0.3) is 11.1 Å². The molecule has 1 fully saturated rings. The molecule has 1 N–H and O–H groups in total. The summed E-state index contributed by atoms with van der Waals surface area (Å²) in [6.07, 6.45) is 5.63. The number of methoxy groups -OCH3 is 1. The highest BCUT2D eigenvalue weighted by Gasteiger charge is 2.18. The van der Waals surface area contributed by atoms with Gasteiger partial charge in [-0.2, -0.15) is 5.10 Å². The van der Waals surface area contributed by atoms with Crippen LogP contribution in [0.15, 0.2) is 30.5 Å². The Morgan fingerprint density at radius 2 is 2.33 bits per heavy atom. The Hall–Kier alpha value is -1.81. The van der Waals surface area contributed by atoms with Gasteiger partial charge < -0.3 is 10.1 Å². The summed E-state index contributed by atoms with van der Waals surface area (Å²) in [5.41, 5.74) is 3.72. The van der Waals surface area contributed by atoms with E-state index in [9.17, 15) is 0 Å². The first kappa shape index (κ1) is 14.1. The third kappa shape index (κ3) is 3.10. The molecular weight excluding hydrogens is 262 g/mol. The number of hydrogen-bond donors (Lipinski definition) is 1. The van der Waals surface area contributed by atoms with Crippen molar-refractivity contribution in [2.75, 3.05) is 20.2 Å². The van der Waals surface area contributed by atoms with Gasteiger partial charge in [0.05, 0.1) is 13.3 Å². The maximum atomic E-state index is 5.34. The van der Waals surface area contributed by atoms with Gasteiger partial charge in [-0.1, -0.05) is 12.1 Å². The van der Waals surface area contributed by atoms with E-state index < -0.39 is 0 Å². The van der Waals surface area contributed by atoms with Gasteiger partial charge in [0.2, 0.25) is 0 Å². The van der Waals surface area contributed by atoms with Crippen LogP contribution in [0, 0.1) is 5.92 Å². The lowest BCUT2D eigenvalue weighted by atomic mass is 9.92. The molecule has 3 rings (SSSR count). The topological polar surface area (TPSA) is 39.1 Å². The van der Waals surface area contributed by atoms with Gasteiger partial charge in [-0.3, -0.25) is 4.68 Å². The third-order valence-corrected chi connectivity index (χ3v) is 4.32. The minimum atomic E-state index is 0.707. The van der Waals surface area contributed by atoms with Crippen molar-refractivity contribution in [1.82, 2.24) is 15.1 Å². The van der Waals surface area contributed by atoms with Crippen molar-refractivity contribution >= 4 is 0 Å². The van der Waals surface area contributed by atoms with Crippen LogP contribution in [0.2, 0.25) is 0 Å². The molecule has 0 radical (unpaired) electrons. The maximum Gasteiger partial charge on any atom is 0.119 e. The van der Waals surface area contributed by atoms with Crippen LogP contribution < -0.4 is 10.1 Å². The second-order valence-electron chi connectivity index (χ2n) is 5.78. The second-order valence-corrected chi connectivity index (χ2v) is 5.78. The number of hydrogen-bond acceptors (Lipinski definition) is 3. The van der Waals surface area contributed by atoms with Crippen LogP contribution in [0.1, 0.15) is 18.5 Å².